The van der Waals surface area contributed by atoms with Gasteiger partial charge in [0.25, 0.3) is 0 Å². The number of fused-ring (bicyclic) bond motifs is 1. The van der Waals surface area contributed by atoms with E-state index in [1.807, 2.05) is 0 Å². The minimum atomic E-state index is 0.0883. The van der Waals surface area contributed by atoms with E-state index in [0.29, 0.717) is 5.92 Å². The maximum Gasteiger partial charge on any atom is 0.0992 e. The number of halogens is 1. The van der Waals surface area contributed by atoms with Crippen molar-refractivity contribution in [2.75, 3.05) is 0 Å². The third kappa shape index (κ3) is 2.34. The van der Waals surface area contributed by atoms with Crippen LogP contribution in [0.5, 0.6) is 0 Å². The first-order chi connectivity index (χ1) is 7.80. The van der Waals surface area contributed by atoms with E-state index in [1.165, 1.54) is 5.56 Å². The van der Waals surface area contributed by atoms with E-state index in [2.05, 4.69) is 51.7 Å². The van der Waals surface area contributed by atoms with Crippen LogP contribution in [0, 0.1) is 0 Å². The van der Waals surface area contributed by atoms with Crippen LogP contribution >= 0.6 is 22.9 Å². The summed E-state index contributed by atoms with van der Waals surface area (Å²) in [5.74, 6) is 0.451. The molecule has 0 saturated heterocycles. The van der Waals surface area contributed by atoms with Crippen molar-refractivity contribution in [1.82, 2.24) is 4.98 Å². The monoisotopic (exact) mass is 267 g/mol. The maximum atomic E-state index is 6.47. The molecule has 2 rings (SSSR count). The van der Waals surface area contributed by atoms with E-state index < -0.39 is 0 Å². The molecule has 0 N–H and O–H groups in total. The number of aromatic nitrogens is 1. The summed E-state index contributed by atoms with van der Waals surface area (Å²) in [5, 5.41) is 2.03. The largest absolute Gasteiger partial charge is 0.241 e. The first kappa shape index (κ1) is 12.8. The second kappa shape index (κ2) is 4.25. The first-order valence-corrected chi connectivity index (χ1v) is 7.09. The van der Waals surface area contributed by atoms with Crippen molar-refractivity contribution in [2.45, 2.75) is 46.0 Å². The van der Waals surface area contributed by atoms with E-state index in [0.717, 1.165) is 20.2 Å². The molecule has 0 aliphatic rings. The third-order valence-corrected chi connectivity index (χ3v) is 4.82. The Morgan fingerprint density at radius 3 is 2.41 bits per heavy atom. The van der Waals surface area contributed by atoms with Gasteiger partial charge in [0.2, 0.25) is 0 Å². The van der Waals surface area contributed by atoms with Gasteiger partial charge in [0.05, 0.1) is 20.2 Å². The van der Waals surface area contributed by atoms with Crippen LogP contribution in [0.1, 0.15) is 51.1 Å². The highest BCUT2D eigenvalue weighted by Crippen LogP contribution is 2.38. The number of hydrogen-bond acceptors (Lipinski definition) is 2. The zero-order chi connectivity index (χ0) is 12.8. The molecule has 2 aromatic rings. The first-order valence-electron chi connectivity index (χ1n) is 5.90. The van der Waals surface area contributed by atoms with Crippen LogP contribution in [-0.4, -0.2) is 4.98 Å². The van der Waals surface area contributed by atoms with E-state index in [-0.39, 0.29) is 5.41 Å². The van der Waals surface area contributed by atoms with Crippen molar-refractivity contribution in [2.24, 2.45) is 0 Å². The highest BCUT2D eigenvalue weighted by molar-refractivity contribution is 7.19. The predicted molar refractivity (Wildman–Crippen MR) is 77.4 cm³/mol. The standard InChI is InChI=1S/C14H18ClNS/c1-8(2)9-6-7-10-12(11(9)15)17-13(16-10)14(3,4)5/h6-8H,1-5H3. The molecule has 0 atom stereocenters. The SMILES string of the molecule is CC(C)c1ccc2nc(C(C)(C)C)sc2c1Cl. The Bertz CT molecular complexity index is 549. The Kier molecular flexibility index (Phi) is 3.21. The summed E-state index contributed by atoms with van der Waals surface area (Å²) in [7, 11) is 0. The summed E-state index contributed by atoms with van der Waals surface area (Å²) >= 11 is 8.19. The molecule has 1 aromatic carbocycles. The molecule has 0 amide bonds. The van der Waals surface area contributed by atoms with Crippen LogP contribution in [0.2, 0.25) is 5.02 Å². The van der Waals surface area contributed by atoms with Gasteiger partial charge in [0, 0.05) is 5.41 Å². The van der Waals surface area contributed by atoms with Gasteiger partial charge in [0.15, 0.2) is 0 Å². The normalized spacial score (nSPS) is 12.6. The minimum absolute atomic E-state index is 0.0883. The molecule has 0 radical (unpaired) electrons. The Labute approximate surface area is 112 Å². The van der Waals surface area contributed by atoms with Crippen LogP contribution in [-0.2, 0) is 5.41 Å². The lowest BCUT2D eigenvalue weighted by Gasteiger charge is -2.13. The fraction of sp³-hybridized carbons (Fsp3) is 0.500. The van der Waals surface area contributed by atoms with Gasteiger partial charge in [-0.2, -0.15) is 0 Å². The molecule has 0 unspecified atom stereocenters. The molecule has 0 spiro atoms. The molecule has 0 aliphatic carbocycles. The summed E-state index contributed by atoms with van der Waals surface area (Å²) in [6.45, 7) is 10.9. The van der Waals surface area contributed by atoms with Gasteiger partial charge in [-0.1, -0.05) is 52.3 Å². The van der Waals surface area contributed by atoms with E-state index in [4.69, 9.17) is 11.6 Å². The number of nitrogens with zero attached hydrogens (tertiary/aromatic N) is 1. The van der Waals surface area contributed by atoms with E-state index in [1.54, 1.807) is 11.3 Å². The van der Waals surface area contributed by atoms with Crippen molar-refractivity contribution < 1.29 is 0 Å². The summed E-state index contributed by atoms with van der Waals surface area (Å²) in [5.41, 5.74) is 2.32. The third-order valence-electron chi connectivity index (χ3n) is 2.79. The number of rotatable bonds is 1. The molecule has 3 heteroatoms. The van der Waals surface area contributed by atoms with Crippen molar-refractivity contribution >= 4 is 33.2 Å². The molecule has 92 valence electrons. The molecule has 1 heterocycles. The second-order valence-corrected chi connectivity index (χ2v) is 7.12. The lowest BCUT2D eigenvalue weighted by atomic mass is 9.98. The molecule has 1 aromatic heterocycles. The van der Waals surface area contributed by atoms with Gasteiger partial charge < -0.3 is 0 Å². The Morgan fingerprint density at radius 1 is 1.24 bits per heavy atom. The maximum absolute atomic E-state index is 6.47. The van der Waals surface area contributed by atoms with E-state index >= 15 is 0 Å². The summed E-state index contributed by atoms with van der Waals surface area (Å²) in [6.07, 6.45) is 0. The van der Waals surface area contributed by atoms with Gasteiger partial charge in [-0.25, -0.2) is 4.98 Å². The van der Waals surface area contributed by atoms with Crippen LogP contribution in [0.15, 0.2) is 12.1 Å². The fourth-order valence-corrected chi connectivity index (χ4v) is 3.30. The molecule has 0 aliphatic heterocycles. The predicted octanol–water partition coefficient (Wildman–Crippen LogP) is 5.37. The Morgan fingerprint density at radius 2 is 1.88 bits per heavy atom. The minimum Gasteiger partial charge on any atom is -0.241 e. The highest BCUT2D eigenvalue weighted by Gasteiger charge is 2.20. The second-order valence-electron chi connectivity index (χ2n) is 5.74. The topological polar surface area (TPSA) is 12.9 Å². The zero-order valence-corrected chi connectivity index (χ0v) is 12.5. The van der Waals surface area contributed by atoms with Gasteiger partial charge in [0.1, 0.15) is 0 Å². The smallest absolute Gasteiger partial charge is 0.0992 e. The van der Waals surface area contributed by atoms with Gasteiger partial charge >= 0.3 is 0 Å². The molecule has 17 heavy (non-hydrogen) atoms. The van der Waals surface area contributed by atoms with Crippen LogP contribution < -0.4 is 0 Å². The van der Waals surface area contributed by atoms with Crippen LogP contribution in [0.4, 0.5) is 0 Å². The quantitative estimate of drug-likeness (QED) is 0.677. The number of thiazole rings is 1. The van der Waals surface area contributed by atoms with Crippen molar-refractivity contribution in [3.63, 3.8) is 0 Å². The molecular formula is C14H18ClNS. The lowest BCUT2D eigenvalue weighted by Crippen LogP contribution is -2.09. The van der Waals surface area contributed by atoms with Crippen LogP contribution in [0.3, 0.4) is 0 Å². The van der Waals surface area contributed by atoms with Crippen LogP contribution in [0.25, 0.3) is 10.2 Å². The van der Waals surface area contributed by atoms with E-state index in [9.17, 15) is 0 Å². The van der Waals surface area contributed by atoms with Crippen molar-refractivity contribution in [3.8, 4) is 0 Å². The Hall–Kier alpha value is -0.600. The van der Waals surface area contributed by atoms with Gasteiger partial charge in [-0.15, -0.1) is 11.3 Å². The van der Waals surface area contributed by atoms with Crippen molar-refractivity contribution in [1.29, 1.82) is 0 Å². The molecule has 0 bridgehead atoms. The van der Waals surface area contributed by atoms with Gasteiger partial charge in [-0.05, 0) is 17.5 Å². The number of benzene rings is 1. The lowest BCUT2D eigenvalue weighted by molar-refractivity contribution is 0.587. The summed E-state index contributed by atoms with van der Waals surface area (Å²) in [4.78, 5) is 4.68. The Balaban J connectivity index is 2.66. The molecule has 0 saturated carbocycles. The van der Waals surface area contributed by atoms with Crippen molar-refractivity contribution in [3.05, 3.63) is 27.7 Å². The van der Waals surface area contributed by atoms with Gasteiger partial charge in [-0.3, -0.25) is 0 Å². The average molecular weight is 268 g/mol. The fourth-order valence-electron chi connectivity index (χ4n) is 1.74. The highest BCUT2D eigenvalue weighted by atomic mass is 35.5. The summed E-state index contributed by atoms with van der Waals surface area (Å²) in [6, 6.07) is 4.18. The number of hydrogen-bond donors (Lipinski definition) is 0. The average Bonchev–Trinajstić information content (AvgIpc) is 2.61. The summed E-state index contributed by atoms with van der Waals surface area (Å²) < 4.78 is 1.13. The molecule has 1 nitrogen and oxygen atoms in total. The zero-order valence-electron chi connectivity index (χ0n) is 11.0. The molecule has 0 fully saturated rings. The molecular weight excluding hydrogens is 250 g/mol.